The Labute approximate surface area is 154 Å². The van der Waals surface area contributed by atoms with Crippen LogP contribution in [0.2, 0.25) is 0 Å². The molecule has 3 amide bonds. The number of hydrogen-bond donors (Lipinski definition) is 2. The largest absolute Gasteiger partial charge is 0.354 e. The molecule has 0 aromatic heterocycles. The van der Waals surface area contributed by atoms with Gasteiger partial charge in [0.15, 0.2) is 0 Å². The number of nitrogens with zero attached hydrogens (tertiary/aromatic N) is 1. The molecule has 3 rings (SSSR count). The second-order valence-electron chi connectivity index (χ2n) is 6.60. The number of urea groups is 1. The van der Waals surface area contributed by atoms with Crippen LogP contribution in [0.4, 0.5) is 4.79 Å². The Hall–Kier alpha value is -2.82. The standard InChI is InChI=1S/C21H25N3O2/c1-2-13-22-20(25)19-18(14-16-9-5-3-6-10-16)23-21(26)24(19)15-17-11-7-4-8-12-17/h3-12,18-19H,2,13-15H2,1H3,(H,22,25)(H,23,26). The summed E-state index contributed by atoms with van der Waals surface area (Å²) in [7, 11) is 0. The number of rotatable bonds is 7. The fourth-order valence-corrected chi connectivity index (χ4v) is 3.32. The third-order valence-electron chi connectivity index (χ3n) is 4.60. The first-order valence-electron chi connectivity index (χ1n) is 9.11. The first-order chi connectivity index (χ1) is 12.7. The van der Waals surface area contributed by atoms with Crippen molar-refractivity contribution in [2.24, 2.45) is 0 Å². The zero-order chi connectivity index (χ0) is 18.4. The monoisotopic (exact) mass is 351 g/mol. The van der Waals surface area contributed by atoms with Crippen LogP contribution in [0.25, 0.3) is 0 Å². The van der Waals surface area contributed by atoms with Crippen molar-refractivity contribution in [3.63, 3.8) is 0 Å². The van der Waals surface area contributed by atoms with E-state index in [4.69, 9.17) is 0 Å². The van der Waals surface area contributed by atoms with Crippen molar-refractivity contribution >= 4 is 11.9 Å². The molecular formula is C21H25N3O2. The molecule has 1 aliphatic heterocycles. The first kappa shape index (κ1) is 18.0. The predicted molar refractivity (Wildman–Crippen MR) is 102 cm³/mol. The second-order valence-corrected chi connectivity index (χ2v) is 6.60. The number of nitrogens with one attached hydrogen (secondary N) is 2. The van der Waals surface area contributed by atoms with Crippen LogP contribution in [0.1, 0.15) is 24.5 Å². The Kier molecular flexibility index (Phi) is 5.89. The van der Waals surface area contributed by atoms with Gasteiger partial charge in [-0.15, -0.1) is 0 Å². The van der Waals surface area contributed by atoms with Gasteiger partial charge in [-0.1, -0.05) is 67.6 Å². The maximum atomic E-state index is 12.8. The van der Waals surface area contributed by atoms with Gasteiger partial charge >= 0.3 is 6.03 Å². The van der Waals surface area contributed by atoms with Crippen LogP contribution in [0, 0.1) is 0 Å². The van der Waals surface area contributed by atoms with Gasteiger partial charge in [0.2, 0.25) is 5.91 Å². The highest BCUT2D eigenvalue weighted by atomic mass is 16.2. The number of hydrogen-bond acceptors (Lipinski definition) is 2. The van der Waals surface area contributed by atoms with Crippen molar-refractivity contribution in [2.45, 2.75) is 38.4 Å². The normalized spacial score (nSPS) is 19.3. The lowest BCUT2D eigenvalue weighted by Gasteiger charge is -2.26. The van der Waals surface area contributed by atoms with Crippen LogP contribution < -0.4 is 10.6 Å². The molecule has 0 radical (unpaired) electrons. The van der Waals surface area contributed by atoms with Crippen molar-refractivity contribution in [3.8, 4) is 0 Å². The predicted octanol–water partition coefficient (Wildman–Crippen LogP) is 2.72. The number of carbonyl (C=O) groups is 2. The van der Waals surface area contributed by atoms with Crippen LogP contribution in [0.3, 0.4) is 0 Å². The SMILES string of the molecule is CCCNC(=O)C1C(Cc2ccccc2)NC(=O)N1Cc1ccccc1. The topological polar surface area (TPSA) is 61.4 Å². The van der Waals surface area contributed by atoms with Gasteiger partial charge in [0.25, 0.3) is 0 Å². The van der Waals surface area contributed by atoms with Gasteiger partial charge in [-0.3, -0.25) is 4.79 Å². The molecule has 26 heavy (non-hydrogen) atoms. The molecular weight excluding hydrogens is 326 g/mol. The van der Waals surface area contributed by atoms with E-state index in [-0.39, 0.29) is 18.0 Å². The van der Waals surface area contributed by atoms with Gasteiger partial charge in [0.05, 0.1) is 6.04 Å². The molecule has 2 atom stereocenters. The van der Waals surface area contributed by atoms with Crippen LogP contribution in [-0.4, -0.2) is 35.5 Å². The summed E-state index contributed by atoms with van der Waals surface area (Å²) in [5.74, 6) is -0.0953. The number of amides is 3. The molecule has 1 saturated heterocycles. The van der Waals surface area contributed by atoms with Gasteiger partial charge in [-0.05, 0) is 24.0 Å². The van der Waals surface area contributed by atoms with E-state index in [1.165, 1.54) is 0 Å². The molecule has 2 aromatic rings. The highest BCUT2D eigenvalue weighted by Crippen LogP contribution is 2.21. The van der Waals surface area contributed by atoms with E-state index in [9.17, 15) is 9.59 Å². The summed E-state index contributed by atoms with van der Waals surface area (Å²) >= 11 is 0. The molecule has 2 unspecified atom stereocenters. The number of benzene rings is 2. The van der Waals surface area contributed by atoms with E-state index in [0.717, 1.165) is 17.5 Å². The molecule has 5 nitrogen and oxygen atoms in total. The van der Waals surface area contributed by atoms with Gasteiger partial charge in [0, 0.05) is 13.1 Å². The minimum atomic E-state index is -0.519. The van der Waals surface area contributed by atoms with Gasteiger partial charge in [-0.25, -0.2) is 4.79 Å². The Morgan fingerprint density at radius 1 is 1.04 bits per heavy atom. The average molecular weight is 351 g/mol. The molecule has 2 aromatic carbocycles. The summed E-state index contributed by atoms with van der Waals surface area (Å²) in [6, 6.07) is 18.8. The van der Waals surface area contributed by atoms with E-state index >= 15 is 0 Å². The molecule has 0 spiro atoms. The molecule has 1 heterocycles. The van der Waals surface area contributed by atoms with Crippen molar-refractivity contribution < 1.29 is 9.59 Å². The third kappa shape index (κ3) is 4.23. The molecule has 136 valence electrons. The highest BCUT2D eigenvalue weighted by molar-refractivity contribution is 5.91. The lowest BCUT2D eigenvalue weighted by molar-refractivity contribution is -0.125. The third-order valence-corrected chi connectivity index (χ3v) is 4.60. The van der Waals surface area contributed by atoms with Crippen LogP contribution >= 0.6 is 0 Å². The molecule has 0 aliphatic carbocycles. The van der Waals surface area contributed by atoms with Crippen molar-refractivity contribution in [1.82, 2.24) is 15.5 Å². The molecule has 2 N–H and O–H groups in total. The molecule has 5 heteroatoms. The summed E-state index contributed by atoms with van der Waals surface area (Å²) < 4.78 is 0. The molecule has 1 fully saturated rings. The van der Waals surface area contributed by atoms with Gasteiger partial charge in [-0.2, -0.15) is 0 Å². The first-order valence-corrected chi connectivity index (χ1v) is 9.11. The quantitative estimate of drug-likeness (QED) is 0.806. The zero-order valence-electron chi connectivity index (χ0n) is 15.0. The van der Waals surface area contributed by atoms with E-state index in [1.54, 1.807) is 4.90 Å². The van der Waals surface area contributed by atoms with Gasteiger partial charge < -0.3 is 15.5 Å². The fourth-order valence-electron chi connectivity index (χ4n) is 3.32. The summed E-state index contributed by atoms with van der Waals surface area (Å²) in [5, 5.41) is 5.96. The second kappa shape index (κ2) is 8.52. The van der Waals surface area contributed by atoms with E-state index in [2.05, 4.69) is 10.6 Å². The summed E-state index contributed by atoms with van der Waals surface area (Å²) in [6.07, 6.45) is 1.49. The highest BCUT2D eigenvalue weighted by Gasteiger charge is 2.43. The lowest BCUT2D eigenvalue weighted by Crippen LogP contribution is -2.49. The number of carbonyl (C=O) groups excluding carboxylic acids is 2. The Balaban J connectivity index is 1.81. The van der Waals surface area contributed by atoms with E-state index in [0.29, 0.717) is 19.5 Å². The Morgan fingerprint density at radius 2 is 1.65 bits per heavy atom. The molecule has 1 aliphatic rings. The zero-order valence-corrected chi connectivity index (χ0v) is 15.0. The maximum absolute atomic E-state index is 12.8. The minimum Gasteiger partial charge on any atom is -0.354 e. The van der Waals surface area contributed by atoms with Crippen molar-refractivity contribution in [1.29, 1.82) is 0 Å². The molecule has 0 saturated carbocycles. The fraction of sp³-hybridized carbons (Fsp3) is 0.333. The molecule has 0 bridgehead atoms. The maximum Gasteiger partial charge on any atom is 0.318 e. The van der Waals surface area contributed by atoms with Crippen LogP contribution in [-0.2, 0) is 17.8 Å². The van der Waals surface area contributed by atoms with Crippen molar-refractivity contribution in [2.75, 3.05) is 6.54 Å². The van der Waals surface area contributed by atoms with E-state index in [1.807, 2.05) is 67.6 Å². The van der Waals surface area contributed by atoms with Crippen molar-refractivity contribution in [3.05, 3.63) is 71.8 Å². The minimum absolute atomic E-state index is 0.0953. The smallest absolute Gasteiger partial charge is 0.318 e. The van der Waals surface area contributed by atoms with E-state index < -0.39 is 6.04 Å². The average Bonchev–Trinajstić information content (AvgIpc) is 2.96. The summed E-state index contributed by atoms with van der Waals surface area (Å²) in [6.45, 7) is 3.05. The Bertz CT molecular complexity index is 733. The summed E-state index contributed by atoms with van der Waals surface area (Å²) in [5.41, 5.74) is 2.11. The van der Waals surface area contributed by atoms with Crippen LogP contribution in [0.15, 0.2) is 60.7 Å². The van der Waals surface area contributed by atoms with Crippen LogP contribution in [0.5, 0.6) is 0 Å². The Morgan fingerprint density at radius 3 is 2.27 bits per heavy atom. The van der Waals surface area contributed by atoms with Gasteiger partial charge in [0.1, 0.15) is 6.04 Å². The summed E-state index contributed by atoms with van der Waals surface area (Å²) in [4.78, 5) is 27.1. The lowest BCUT2D eigenvalue weighted by atomic mass is 9.99.